The summed E-state index contributed by atoms with van der Waals surface area (Å²) >= 11 is 0. The molecule has 0 saturated heterocycles. The van der Waals surface area contributed by atoms with Gasteiger partial charge in [-0.2, -0.15) is 0 Å². The lowest BCUT2D eigenvalue weighted by Crippen LogP contribution is -2.36. The first-order chi connectivity index (χ1) is 14.6. The first-order valence-corrected chi connectivity index (χ1v) is 9.75. The number of nitrogens with one attached hydrogen (secondary N) is 2. The molecule has 30 heavy (non-hydrogen) atoms. The first kappa shape index (κ1) is 21.1. The van der Waals surface area contributed by atoms with Gasteiger partial charge in [0.1, 0.15) is 11.4 Å². The number of hydrogen-bond acceptors (Lipinski definition) is 4. The van der Waals surface area contributed by atoms with E-state index in [0.717, 1.165) is 22.1 Å². The lowest BCUT2D eigenvalue weighted by molar-refractivity contribution is -0.117. The quantitative estimate of drug-likeness (QED) is 0.504. The number of fused-ring (bicyclic) bond motifs is 1. The first-order valence-electron chi connectivity index (χ1n) is 9.75. The fourth-order valence-corrected chi connectivity index (χ4v) is 3.06. The molecule has 0 spiro atoms. The van der Waals surface area contributed by atoms with Gasteiger partial charge in [0.15, 0.2) is 0 Å². The molecule has 6 nitrogen and oxygen atoms in total. The highest BCUT2D eigenvalue weighted by molar-refractivity contribution is 6.07. The van der Waals surface area contributed by atoms with Crippen LogP contribution >= 0.6 is 0 Å². The third-order valence-corrected chi connectivity index (χ3v) is 4.44. The molecule has 0 fully saturated rings. The highest BCUT2D eigenvalue weighted by atomic mass is 16.5. The van der Waals surface area contributed by atoms with Crippen molar-refractivity contribution in [2.24, 2.45) is 0 Å². The van der Waals surface area contributed by atoms with Gasteiger partial charge in [-0.15, -0.1) is 0 Å². The molecule has 0 saturated carbocycles. The van der Waals surface area contributed by atoms with Crippen LogP contribution in [0.2, 0.25) is 0 Å². The summed E-state index contributed by atoms with van der Waals surface area (Å²) in [6.07, 6.45) is 1.63. The van der Waals surface area contributed by atoms with E-state index in [-0.39, 0.29) is 18.8 Å². The molecular formula is C24H24N2O4. The van der Waals surface area contributed by atoms with Crippen LogP contribution in [-0.4, -0.2) is 36.7 Å². The average Bonchev–Trinajstić information content (AvgIpc) is 2.79. The molecule has 0 aliphatic carbocycles. The van der Waals surface area contributed by atoms with Gasteiger partial charge in [0.2, 0.25) is 0 Å². The third-order valence-electron chi connectivity index (χ3n) is 4.44. The molecule has 3 N–H and O–H groups in total. The fraction of sp³-hybridized carbons (Fsp3) is 0.167. The second-order valence-corrected chi connectivity index (χ2v) is 6.49. The van der Waals surface area contributed by atoms with Gasteiger partial charge in [-0.25, -0.2) is 0 Å². The summed E-state index contributed by atoms with van der Waals surface area (Å²) in [4.78, 5) is 25.3. The largest absolute Gasteiger partial charge is 0.493 e. The zero-order valence-electron chi connectivity index (χ0n) is 16.7. The van der Waals surface area contributed by atoms with Crippen molar-refractivity contribution in [1.82, 2.24) is 10.6 Å². The molecule has 3 aromatic rings. The van der Waals surface area contributed by atoms with Crippen LogP contribution in [0.25, 0.3) is 16.8 Å². The number of aliphatic hydroxyl groups is 1. The number of aliphatic hydroxyl groups excluding tert-OH is 1. The Bertz CT molecular complexity index is 1060. The predicted molar refractivity (Wildman–Crippen MR) is 117 cm³/mol. The van der Waals surface area contributed by atoms with Gasteiger partial charge >= 0.3 is 0 Å². The van der Waals surface area contributed by atoms with Crippen LogP contribution in [0, 0.1) is 0 Å². The van der Waals surface area contributed by atoms with Crippen molar-refractivity contribution < 1.29 is 19.4 Å². The topological polar surface area (TPSA) is 87.7 Å². The van der Waals surface area contributed by atoms with Crippen molar-refractivity contribution in [3.05, 3.63) is 83.6 Å². The maximum atomic E-state index is 12.6. The SMILES string of the molecule is CCOc1ccc(C=C(NC(=O)c2ccccc2)C(=O)NCCO)c2ccccc12. The predicted octanol–water partition coefficient (Wildman–Crippen LogP) is 3.12. The molecule has 0 aliphatic rings. The van der Waals surface area contributed by atoms with Crippen molar-refractivity contribution in [2.75, 3.05) is 19.8 Å². The molecule has 154 valence electrons. The van der Waals surface area contributed by atoms with E-state index in [2.05, 4.69) is 10.6 Å². The molecule has 3 aromatic carbocycles. The molecular weight excluding hydrogens is 380 g/mol. The van der Waals surface area contributed by atoms with Crippen LogP contribution in [0.1, 0.15) is 22.8 Å². The van der Waals surface area contributed by atoms with E-state index >= 15 is 0 Å². The maximum Gasteiger partial charge on any atom is 0.267 e. The van der Waals surface area contributed by atoms with Gasteiger partial charge in [-0.05, 0) is 42.1 Å². The number of carbonyl (C=O) groups is 2. The highest BCUT2D eigenvalue weighted by Gasteiger charge is 2.15. The minimum atomic E-state index is -0.480. The highest BCUT2D eigenvalue weighted by Crippen LogP contribution is 2.29. The van der Waals surface area contributed by atoms with Gasteiger partial charge in [0.05, 0.1) is 13.2 Å². The number of amides is 2. The Hall–Kier alpha value is -3.64. The van der Waals surface area contributed by atoms with Gasteiger partial charge in [0, 0.05) is 17.5 Å². The van der Waals surface area contributed by atoms with Crippen molar-refractivity contribution in [2.45, 2.75) is 6.92 Å². The lowest BCUT2D eigenvalue weighted by Gasteiger charge is -2.13. The average molecular weight is 404 g/mol. The molecule has 6 heteroatoms. The van der Waals surface area contributed by atoms with Crippen molar-refractivity contribution in [3.63, 3.8) is 0 Å². The van der Waals surface area contributed by atoms with E-state index in [1.807, 2.05) is 49.4 Å². The summed E-state index contributed by atoms with van der Waals surface area (Å²) in [6.45, 7) is 2.35. The van der Waals surface area contributed by atoms with Crippen LogP contribution in [0.5, 0.6) is 5.75 Å². The minimum absolute atomic E-state index is 0.0847. The zero-order chi connectivity index (χ0) is 21.3. The molecule has 2 amide bonds. The normalized spacial score (nSPS) is 11.2. The summed E-state index contributed by atoms with van der Waals surface area (Å²) < 4.78 is 5.70. The monoisotopic (exact) mass is 404 g/mol. The van der Waals surface area contributed by atoms with E-state index in [4.69, 9.17) is 9.84 Å². The van der Waals surface area contributed by atoms with E-state index in [9.17, 15) is 9.59 Å². The lowest BCUT2D eigenvalue weighted by atomic mass is 10.0. The standard InChI is InChI=1S/C24H24N2O4/c1-2-30-22-13-12-18(19-10-6-7-11-20(19)22)16-21(24(29)25-14-15-27)26-23(28)17-8-4-3-5-9-17/h3-13,16,27H,2,14-15H2,1H3,(H,25,29)(H,26,28). The number of ether oxygens (including phenoxy) is 1. The molecule has 0 heterocycles. The van der Waals surface area contributed by atoms with E-state index in [0.29, 0.717) is 12.2 Å². The summed E-state index contributed by atoms with van der Waals surface area (Å²) in [5.74, 6) is -0.118. The smallest absolute Gasteiger partial charge is 0.267 e. The van der Waals surface area contributed by atoms with Crippen LogP contribution in [0.15, 0.2) is 72.4 Å². The van der Waals surface area contributed by atoms with E-state index in [1.54, 1.807) is 30.3 Å². The molecule has 0 aromatic heterocycles. The van der Waals surface area contributed by atoms with Crippen LogP contribution < -0.4 is 15.4 Å². The Morgan fingerprint density at radius 1 is 0.967 bits per heavy atom. The van der Waals surface area contributed by atoms with Gasteiger partial charge in [0.25, 0.3) is 11.8 Å². The van der Waals surface area contributed by atoms with E-state index < -0.39 is 11.8 Å². The minimum Gasteiger partial charge on any atom is -0.493 e. The van der Waals surface area contributed by atoms with Gasteiger partial charge < -0.3 is 20.5 Å². The van der Waals surface area contributed by atoms with Crippen molar-refractivity contribution in [3.8, 4) is 5.75 Å². The number of carbonyl (C=O) groups excluding carboxylic acids is 2. The number of rotatable bonds is 8. The summed E-state index contributed by atoms with van der Waals surface area (Å²) in [5, 5.41) is 16.1. The van der Waals surface area contributed by atoms with E-state index in [1.165, 1.54) is 0 Å². The summed E-state index contributed by atoms with van der Waals surface area (Å²) in [7, 11) is 0. The van der Waals surface area contributed by atoms with Gasteiger partial charge in [-0.1, -0.05) is 48.5 Å². The molecule has 0 unspecified atom stereocenters. The zero-order valence-corrected chi connectivity index (χ0v) is 16.7. The number of hydrogen-bond donors (Lipinski definition) is 3. The van der Waals surface area contributed by atoms with Crippen LogP contribution in [0.4, 0.5) is 0 Å². The maximum absolute atomic E-state index is 12.6. The Morgan fingerprint density at radius 3 is 2.37 bits per heavy atom. The van der Waals surface area contributed by atoms with Crippen molar-refractivity contribution in [1.29, 1.82) is 0 Å². The Balaban J connectivity index is 2.01. The van der Waals surface area contributed by atoms with Crippen LogP contribution in [0.3, 0.4) is 0 Å². The number of benzene rings is 3. The summed E-state index contributed by atoms with van der Waals surface area (Å²) in [6, 6.07) is 20.1. The third kappa shape index (κ3) is 5.04. The van der Waals surface area contributed by atoms with Crippen molar-refractivity contribution >= 4 is 28.7 Å². The molecule has 0 atom stereocenters. The fourth-order valence-electron chi connectivity index (χ4n) is 3.06. The Kier molecular flexibility index (Phi) is 7.19. The van der Waals surface area contributed by atoms with Gasteiger partial charge in [-0.3, -0.25) is 9.59 Å². The van der Waals surface area contributed by atoms with Crippen LogP contribution in [-0.2, 0) is 4.79 Å². The second kappa shape index (κ2) is 10.2. The molecule has 0 bridgehead atoms. The molecule has 3 rings (SSSR count). The Labute approximate surface area is 175 Å². The molecule has 0 aliphatic heterocycles. The summed E-state index contributed by atoms with van der Waals surface area (Å²) in [5.41, 5.74) is 1.29. The second-order valence-electron chi connectivity index (χ2n) is 6.49. The Morgan fingerprint density at radius 2 is 1.67 bits per heavy atom. The molecule has 0 radical (unpaired) electrons.